The van der Waals surface area contributed by atoms with E-state index in [0.717, 1.165) is 22.5 Å². The summed E-state index contributed by atoms with van der Waals surface area (Å²) >= 11 is 6.92. The standard InChI is InChI=1S/C13H11ClN2O2S2/c1-9-6-12(19-13(9)14)20(17,18)16-8-11-4-2-10(7-15)3-5-11/h2-6,16H,8H2,1H3. The molecule has 0 fully saturated rings. The van der Waals surface area contributed by atoms with Gasteiger partial charge in [0.05, 0.1) is 16.0 Å². The molecule has 20 heavy (non-hydrogen) atoms. The monoisotopic (exact) mass is 326 g/mol. The molecule has 2 aromatic rings. The molecule has 0 aliphatic carbocycles. The van der Waals surface area contributed by atoms with E-state index >= 15 is 0 Å². The molecule has 0 radical (unpaired) electrons. The van der Waals surface area contributed by atoms with Gasteiger partial charge in [-0.1, -0.05) is 23.7 Å². The second kappa shape index (κ2) is 5.94. The number of aryl methyl sites for hydroxylation is 1. The van der Waals surface area contributed by atoms with Gasteiger partial charge in [-0.05, 0) is 36.2 Å². The molecule has 0 saturated carbocycles. The van der Waals surface area contributed by atoms with Crippen molar-refractivity contribution in [3.05, 3.63) is 51.4 Å². The zero-order valence-electron chi connectivity index (χ0n) is 10.6. The molecule has 1 aromatic carbocycles. The van der Waals surface area contributed by atoms with Crippen molar-refractivity contribution in [2.75, 3.05) is 0 Å². The van der Waals surface area contributed by atoms with E-state index in [9.17, 15) is 8.42 Å². The zero-order chi connectivity index (χ0) is 14.8. The van der Waals surface area contributed by atoms with Crippen LogP contribution in [-0.2, 0) is 16.6 Å². The molecule has 0 amide bonds. The van der Waals surface area contributed by atoms with E-state index in [0.29, 0.717) is 9.90 Å². The Kier molecular flexibility index (Phi) is 4.45. The van der Waals surface area contributed by atoms with Gasteiger partial charge in [0.1, 0.15) is 4.21 Å². The minimum absolute atomic E-state index is 0.169. The largest absolute Gasteiger partial charge is 0.250 e. The maximum absolute atomic E-state index is 12.1. The van der Waals surface area contributed by atoms with Crippen LogP contribution in [0.1, 0.15) is 16.7 Å². The van der Waals surface area contributed by atoms with Crippen molar-refractivity contribution in [1.29, 1.82) is 5.26 Å². The normalized spacial score (nSPS) is 11.2. The fraction of sp³-hybridized carbons (Fsp3) is 0.154. The molecule has 0 aliphatic heterocycles. The maximum atomic E-state index is 12.1. The molecule has 104 valence electrons. The Morgan fingerprint density at radius 1 is 1.35 bits per heavy atom. The highest BCUT2D eigenvalue weighted by Crippen LogP contribution is 2.29. The molecule has 0 bridgehead atoms. The summed E-state index contributed by atoms with van der Waals surface area (Å²) in [6, 6.07) is 10.3. The van der Waals surface area contributed by atoms with Crippen molar-refractivity contribution in [1.82, 2.24) is 4.72 Å². The van der Waals surface area contributed by atoms with Gasteiger partial charge < -0.3 is 0 Å². The van der Waals surface area contributed by atoms with Crippen molar-refractivity contribution < 1.29 is 8.42 Å². The van der Waals surface area contributed by atoms with Gasteiger partial charge in [0.2, 0.25) is 10.0 Å². The second-order valence-corrected chi connectivity index (χ2v) is 7.80. The lowest BCUT2D eigenvalue weighted by Gasteiger charge is -2.04. The molecule has 0 saturated heterocycles. The van der Waals surface area contributed by atoms with Crippen molar-refractivity contribution in [2.45, 2.75) is 17.7 Å². The average molecular weight is 327 g/mol. The number of rotatable bonds is 4. The topological polar surface area (TPSA) is 70.0 Å². The molecule has 1 heterocycles. The first-order chi connectivity index (χ1) is 9.42. The lowest BCUT2D eigenvalue weighted by Crippen LogP contribution is -2.22. The first-order valence-corrected chi connectivity index (χ1v) is 8.35. The smallest absolute Gasteiger partial charge is 0.206 e. The van der Waals surface area contributed by atoms with Crippen molar-refractivity contribution >= 4 is 33.0 Å². The number of sulfonamides is 1. The summed E-state index contributed by atoms with van der Waals surface area (Å²) in [5, 5.41) is 8.69. The number of nitriles is 1. The van der Waals surface area contributed by atoms with Crippen molar-refractivity contribution in [3.8, 4) is 6.07 Å². The van der Waals surface area contributed by atoms with Crippen LogP contribution in [0.15, 0.2) is 34.5 Å². The van der Waals surface area contributed by atoms with Gasteiger partial charge in [-0.2, -0.15) is 5.26 Å². The molecule has 0 aliphatic rings. The van der Waals surface area contributed by atoms with Gasteiger partial charge in [-0.25, -0.2) is 13.1 Å². The van der Waals surface area contributed by atoms with Crippen LogP contribution >= 0.6 is 22.9 Å². The highest BCUT2D eigenvalue weighted by Gasteiger charge is 2.17. The molecule has 1 aromatic heterocycles. The van der Waals surface area contributed by atoms with Crippen molar-refractivity contribution in [2.24, 2.45) is 0 Å². The van der Waals surface area contributed by atoms with Gasteiger partial charge in [-0.3, -0.25) is 0 Å². The molecule has 0 atom stereocenters. The summed E-state index contributed by atoms with van der Waals surface area (Å²) in [6.45, 7) is 1.93. The molecule has 7 heteroatoms. The third-order valence-corrected chi connectivity index (χ3v) is 6.08. The Morgan fingerprint density at radius 2 is 2.00 bits per heavy atom. The van der Waals surface area contributed by atoms with Gasteiger partial charge in [0, 0.05) is 6.54 Å². The van der Waals surface area contributed by atoms with E-state index in [2.05, 4.69) is 4.72 Å². The molecular formula is C13H11ClN2O2S2. The summed E-state index contributed by atoms with van der Waals surface area (Å²) in [4.78, 5) is 0. The van der Waals surface area contributed by atoms with Crippen LogP contribution < -0.4 is 4.72 Å². The summed E-state index contributed by atoms with van der Waals surface area (Å²) in [7, 11) is -3.56. The minimum atomic E-state index is -3.56. The van der Waals surface area contributed by atoms with E-state index in [4.69, 9.17) is 16.9 Å². The number of thiophene rings is 1. The fourth-order valence-corrected chi connectivity index (χ4v) is 4.28. The van der Waals surface area contributed by atoms with Gasteiger partial charge >= 0.3 is 0 Å². The lowest BCUT2D eigenvalue weighted by molar-refractivity contribution is 0.583. The number of halogens is 1. The number of nitrogens with one attached hydrogen (secondary N) is 1. The number of nitrogens with zero attached hydrogens (tertiary/aromatic N) is 1. The zero-order valence-corrected chi connectivity index (χ0v) is 12.9. The predicted octanol–water partition coefficient (Wildman–Crippen LogP) is 3.06. The van der Waals surface area contributed by atoms with E-state index in [1.165, 1.54) is 0 Å². The van der Waals surface area contributed by atoms with Gasteiger partial charge in [0.15, 0.2) is 0 Å². The third kappa shape index (κ3) is 3.38. The molecule has 0 spiro atoms. The van der Waals surface area contributed by atoms with Crippen LogP contribution in [0.4, 0.5) is 0 Å². The van der Waals surface area contributed by atoms with Crippen LogP contribution in [0.2, 0.25) is 4.34 Å². The lowest BCUT2D eigenvalue weighted by atomic mass is 10.1. The number of hydrogen-bond donors (Lipinski definition) is 1. The van der Waals surface area contributed by atoms with Gasteiger partial charge in [0.25, 0.3) is 0 Å². The van der Waals surface area contributed by atoms with Crippen LogP contribution in [-0.4, -0.2) is 8.42 Å². The third-order valence-electron chi connectivity index (χ3n) is 2.65. The number of benzene rings is 1. The Hall–Kier alpha value is -1.39. The molecule has 0 unspecified atom stereocenters. The quantitative estimate of drug-likeness (QED) is 0.938. The first-order valence-electron chi connectivity index (χ1n) is 5.67. The maximum Gasteiger partial charge on any atom is 0.250 e. The summed E-state index contributed by atoms with van der Waals surface area (Å²) in [5.74, 6) is 0. The molecule has 1 N–H and O–H groups in total. The highest BCUT2D eigenvalue weighted by atomic mass is 35.5. The number of hydrogen-bond acceptors (Lipinski definition) is 4. The molecule has 4 nitrogen and oxygen atoms in total. The fourth-order valence-electron chi connectivity index (χ4n) is 1.51. The Labute approximate surface area is 126 Å². The Bertz CT molecular complexity index is 739. The predicted molar refractivity (Wildman–Crippen MR) is 79.2 cm³/mol. The van der Waals surface area contributed by atoms with E-state index in [1.807, 2.05) is 6.07 Å². The van der Waals surface area contributed by atoms with Gasteiger partial charge in [-0.15, -0.1) is 11.3 Å². The van der Waals surface area contributed by atoms with E-state index < -0.39 is 10.0 Å². The van der Waals surface area contributed by atoms with Crippen LogP contribution in [0, 0.1) is 18.3 Å². The van der Waals surface area contributed by atoms with Crippen LogP contribution in [0.3, 0.4) is 0 Å². The van der Waals surface area contributed by atoms with Crippen LogP contribution in [0.5, 0.6) is 0 Å². The second-order valence-electron chi connectivity index (χ2n) is 4.16. The molecule has 2 rings (SSSR count). The Morgan fingerprint density at radius 3 is 2.50 bits per heavy atom. The van der Waals surface area contributed by atoms with E-state index in [-0.39, 0.29) is 10.8 Å². The van der Waals surface area contributed by atoms with E-state index in [1.54, 1.807) is 37.3 Å². The summed E-state index contributed by atoms with van der Waals surface area (Å²) in [5.41, 5.74) is 2.07. The average Bonchev–Trinajstić information content (AvgIpc) is 2.78. The highest BCUT2D eigenvalue weighted by molar-refractivity contribution is 7.91. The van der Waals surface area contributed by atoms with Crippen molar-refractivity contribution in [3.63, 3.8) is 0 Å². The Balaban J connectivity index is 2.11. The minimum Gasteiger partial charge on any atom is -0.206 e. The van der Waals surface area contributed by atoms with Crippen LogP contribution in [0.25, 0.3) is 0 Å². The summed E-state index contributed by atoms with van der Waals surface area (Å²) < 4.78 is 27.4. The SMILES string of the molecule is Cc1cc(S(=O)(=O)NCc2ccc(C#N)cc2)sc1Cl. The summed E-state index contributed by atoms with van der Waals surface area (Å²) in [6.07, 6.45) is 0. The first kappa shape index (κ1) is 15.0. The molecular weight excluding hydrogens is 316 g/mol.